The topological polar surface area (TPSA) is 30.5 Å². The van der Waals surface area contributed by atoms with Gasteiger partial charge in [0.2, 0.25) is 0 Å². The molecule has 0 aliphatic heterocycles. The van der Waals surface area contributed by atoms with Gasteiger partial charge < -0.3 is 14.8 Å². The molecule has 0 amide bonds. The van der Waals surface area contributed by atoms with Gasteiger partial charge in [0.15, 0.2) is 0 Å². The monoisotopic (exact) mass is 265 g/mol. The van der Waals surface area contributed by atoms with Gasteiger partial charge in [-0.25, -0.2) is 0 Å². The van der Waals surface area contributed by atoms with E-state index in [4.69, 9.17) is 9.47 Å². The van der Waals surface area contributed by atoms with Crippen molar-refractivity contribution in [1.82, 2.24) is 5.32 Å². The van der Waals surface area contributed by atoms with E-state index in [0.717, 1.165) is 44.7 Å². The number of benzene rings is 1. The van der Waals surface area contributed by atoms with Gasteiger partial charge in [-0.1, -0.05) is 26.0 Å². The Morgan fingerprint density at radius 3 is 2.47 bits per heavy atom. The van der Waals surface area contributed by atoms with Crippen LogP contribution < -0.4 is 10.1 Å². The second-order valence-corrected chi connectivity index (χ2v) is 4.74. The van der Waals surface area contributed by atoms with E-state index in [1.807, 2.05) is 12.1 Å². The van der Waals surface area contributed by atoms with Crippen LogP contribution in [0.25, 0.3) is 0 Å². The van der Waals surface area contributed by atoms with Crippen molar-refractivity contribution in [1.29, 1.82) is 0 Å². The van der Waals surface area contributed by atoms with Crippen LogP contribution in [0.1, 0.15) is 32.3 Å². The third-order valence-electron chi connectivity index (χ3n) is 3.08. The zero-order valence-corrected chi connectivity index (χ0v) is 12.4. The first kappa shape index (κ1) is 16.0. The van der Waals surface area contributed by atoms with E-state index >= 15 is 0 Å². The lowest BCUT2D eigenvalue weighted by Crippen LogP contribution is -2.31. The van der Waals surface area contributed by atoms with Crippen LogP contribution in [-0.2, 0) is 11.2 Å². The van der Waals surface area contributed by atoms with E-state index in [9.17, 15) is 0 Å². The van der Waals surface area contributed by atoms with Gasteiger partial charge >= 0.3 is 0 Å². The largest absolute Gasteiger partial charge is 0.489 e. The molecule has 19 heavy (non-hydrogen) atoms. The summed E-state index contributed by atoms with van der Waals surface area (Å²) >= 11 is 0. The highest BCUT2D eigenvalue weighted by molar-refractivity contribution is 5.27. The summed E-state index contributed by atoms with van der Waals surface area (Å²) in [5.41, 5.74) is 1.28. The maximum absolute atomic E-state index is 5.98. The second kappa shape index (κ2) is 9.82. The molecule has 0 aliphatic rings. The molecule has 0 radical (unpaired) electrons. The number of nitrogens with one attached hydrogen (secondary N) is 1. The van der Waals surface area contributed by atoms with Crippen molar-refractivity contribution in [2.24, 2.45) is 0 Å². The maximum Gasteiger partial charge on any atom is 0.119 e. The second-order valence-electron chi connectivity index (χ2n) is 4.74. The lowest BCUT2D eigenvalue weighted by Gasteiger charge is -2.18. The molecule has 0 aliphatic carbocycles. The third kappa shape index (κ3) is 6.60. The minimum absolute atomic E-state index is 0.247. The minimum atomic E-state index is 0.247. The molecule has 108 valence electrons. The Balaban J connectivity index is 2.41. The van der Waals surface area contributed by atoms with Gasteiger partial charge in [-0.3, -0.25) is 0 Å². The predicted molar refractivity (Wildman–Crippen MR) is 79.9 cm³/mol. The molecule has 3 heteroatoms. The number of ether oxygens (including phenoxy) is 2. The fourth-order valence-electron chi connectivity index (χ4n) is 1.86. The lowest BCUT2D eigenvalue weighted by atomic mass is 10.1. The lowest BCUT2D eigenvalue weighted by molar-refractivity contribution is 0.193. The Morgan fingerprint density at radius 2 is 1.89 bits per heavy atom. The molecule has 0 saturated heterocycles. The van der Waals surface area contributed by atoms with Gasteiger partial charge in [-0.15, -0.1) is 0 Å². The Kier molecular flexibility index (Phi) is 8.26. The van der Waals surface area contributed by atoms with Crippen LogP contribution in [-0.4, -0.2) is 32.9 Å². The molecule has 1 rings (SSSR count). The fraction of sp³-hybridized carbons (Fsp3) is 0.625. The number of rotatable bonds is 10. The van der Waals surface area contributed by atoms with E-state index < -0.39 is 0 Å². The zero-order valence-electron chi connectivity index (χ0n) is 12.4. The molecule has 1 unspecified atom stereocenters. The van der Waals surface area contributed by atoms with Gasteiger partial charge in [0.1, 0.15) is 11.9 Å². The van der Waals surface area contributed by atoms with Crippen LogP contribution in [0.2, 0.25) is 0 Å². The molecule has 0 aromatic heterocycles. The van der Waals surface area contributed by atoms with Crippen molar-refractivity contribution < 1.29 is 9.47 Å². The third-order valence-corrected chi connectivity index (χ3v) is 3.08. The SMILES string of the molecule is CCCNCC(CC)Oc1ccc(CCOC)cc1. The summed E-state index contributed by atoms with van der Waals surface area (Å²) < 4.78 is 11.0. The number of hydrogen-bond donors (Lipinski definition) is 1. The summed E-state index contributed by atoms with van der Waals surface area (Å²) in [7, 11) is 1.73. The average Bonchev–Trinajstić information content (AvgIpc) is 2.45. The van der Waals surface area contributed by atoms with Crippen molar-refractivity contribution in [3.05, 3.63) is 29.8 Å². The Bertz CT molecular complexity index is 324. The van der Waals surface area contributed by atoms with Crippen molar-refractivity contribution in [2.75, 3.05) is 26.8 Å². The van der Waals surface area contributed by atoms with Gasteiger partial charge in [0.05, 0.1) is 6.61 Å². The highest BCUT2D eigenvalue weighted by Crippen LogP contribution is 2.15. The summed E-state index contributed by atoms with van der Waals surface area (Å²) in [4.78, 5) is 0. The maximum atomic E-state index is 5.98. The summed E-state index contributed by atoms with van der Waals surface area (Å²) in [5, 5.41) is 3.40. The van der Waals surface area contributed by atoms with Gasteiger partial charge in [-0.2, -0.15) is 0 Å². The van der Waals surface area contributed by atoms with Crippen LogP contribution in [0.3, 0.4) is 0 Å². The molecule has 0 spiro atoms. The fourth-order valence-corrected chi connectivity index (χ4v) is 1.86. The standard InChI is InChI=1S/C16H27NO2/c1-4-11-17-13-15(5-2)19-16-8-6-14(7-9-16)10-12-18-3/h6-9,15,17H,4-5,10-13H2,1-3H3. The average molecular weight is 265 g/mol. The molecular weight excluding hydrogens is 238 g/mol. The molecule has 1 aromatic carbocycles. The Labute approximate surface area is 117 Å². The number of methoxy groups -OCH3 is 1. The molecule has 0 saturated carbocycles. The van der Waals surface area contributed by atoms with E-state index in [0.29, 0.717) is 0 Å². The number of hydrogen-bond acceptors (Lipinski definition) is 3. The van der Waals surface area contributed by atoms with E-state index in [-0.39, 0.29) is 6.10 Å². The smallest absolute Gasteiger partial charge is 0.119 e. The molecule has 0 fully saturated rings. The molecule has 3 nitrogen and oxygen atoms in total. The first-order chi connectivity index (χ1) is 9.30. The quantitative estimate of drug-likeness (QED) is 0.660. The highest BCUT2D eigenvalue weighted by atomic mass is 16.5. The summed E-state index contributed by atoms with van der Waals surface area (Å²) in [6.45, 7) is 7.06. The Hall–Kier alpha value is -1.06. The van der Waals surface area contributed by atoms with Crippen molar-refractivity contribution in [2.45, 2.75) is 39.2 Å². The molecule has 0 heterocycles. The highest BCUT2D eigenvalue weighted by Gasteiger charge is 2.07. The Morgan fingerprint density at radius 1 is 1.16 bits per heavy atom. The van der Waals surface area contributed by atoms with Gasteiger partial charge in [-0.05, 0) is 43.5 Å². The van der Waals surface area contributed by atoms with E-state index in [2.05, 4.69) is 31.3 Å². The molecule has 0 bridgehead atoms. The van der Waals surface area contributed by atoms with Gasteiger partial charge in [0, 0.05) is 13.7 Å². The van der Waals surface area contributed by atoms with E-state index in [1.54, 1.807) is 7.11 Å². The molecule has 1 aromatic rings. The van der Waals surface area contributed by atoms with Crippen LogP contribution >= 0.6 is 0 Å². The summed E-state index contributed by atoms with van der Waals surface area (Å²) in [5.74, 6) is 0.950. The first-order valence-corrected chi connectivity index (χ1v) is 7.25. The van der Waals surface area contributed by atoms with Crippen molar-refractivity contribution in [3.8, 4) is 5.75 Å². The van der Waals surface area contributed by atoms with Crippen LogP contribution in [0.5, 0.6) is 5.75 Å². The van der Waals surface area contributed by atoms with E-state index in [1.165, 1.54) is 5.56 Å². The van der Waals surface area contributed by atoms with Crippen LogP contribution in [0, 0.1) is 0 Å². The van der Waals surface area contributed by atoms with Crippen LogP contribution in [0.15, 0.2) is 24.3 Å². The summed E-state index contributed by atoms with van der Waals surface area (Å²) in [6.07, 6.45) is 3.37. The molecule has 1 atom stereocenters. The zero-order chi connectivity index (χ0) is 13.9. The summed E-state index contributed by atoms with van der Waals surface area (Å²) in [6, 6.07) is 8.32. The van der Waals surface area contributed by atoms with Crippen LogP contribution in [0.4, 0.5) is 0 Å². The first-order valence-electron chi connectivity index (χ1n) is 7.25. The van der Waals surface area contributed by atoms with Gasteiger partial charge in [0.25, 0.3) is 0 Å². The molecule has 1 N–H and O–H groups in total. The minimum Gasteiger partial charge on any atom is -0.489 e. The van der Waals surface area contributed by atoms with Crippen molar-refractivity contribution in [3.63, 3.8) is 0 Å². The van der Waals surface area contributed by atoms with Crippen molar-refractivity contribution >= 4 is 0 Å². The predicted octanol–water partition coefficient (Wildman–Crippen LogP) is 3.03. The molecular formula is C16H27NO2. The normalized spacial score (nSPS) is 12.4.